The van der Waals surface area contributed by atoms with Crippen molar-refractivity contribution in [2.24, 2.45) is 0 Å². The zero-order chi connectivity index (χ0) is 21.9. The maximum absolute atomic E-state index is 13.9. The molecule has 0 N–H and O–H groups in total. The Morgan fingerprint density at radius 3 is 2.09 bits per heavy atom. The van der Waals surface area contributed by atoms with Gasteiger partial charge in [0.05, 0.1) is 7.11 Å². The number of carbonyl (C=O) groups excluding carboxylic acids is 2. The highest BCUT2D eigenvalue weighted by molar-refractivity contribution is 6.36. The lowest BCUT2D eigenvalue weighted by atomic mass is 9.72. The molecule has 1 aliphatic heterocycles. The van der Waals surface area contributed by atoms with E-state index in [4.69, 9.17) is 9.47 Å². The molecule has 154 valence electrons. The summed E-state index contributed by atoms with van der Waals surface area (Å²) >= 11 is 0. The Labute approximate surface area is 184 Å². The minimum atomic E-state index is -1.46. The highest BCUT2D eigenvalue weighted by atomic mass is 16.5. The molecule has 4 nitrogen and oxygen atoms in total. The number of methoxy groups -OCH3 is 1. The Bertz CT molecular complexity index is 1430. The smallest absolute Gasteiger partial charge is 0.186 e. The average Bonchev–Trinajstić information content (AvgIpc) is 3.06. The maximum atomic E-state index is 13.9. The number of ketones is 2. The van der Waals surface area contributed by atoms with Gasteiger partial charge in [-0.1, -0.05) is 54.6 Å². The van der Waals surface area contributed by atoms with Crippen molar-refractivity contribution in [3.63, 3.8) is 0 Å². The fourth-order valence-corrected chi connectivity index (χ4v) is 4.82. The molecule has 4 aromatic carbocycles. The van der Waals surface area contributed by atoms with E-state index in [9.17, 15) is 9.59 Å². The van der Waals surface area contributed by atoms with Crippen LogP contribution in [0.15, 0.2) is 91.0 Å². The van der Waals surface area contributed by atoms with Crippen molar-refractivity contribution < 1.29 is 19.1 Å². The largest absolute Gasteiger partial charge is 0.497 e. The van der Waals surface area contributed by atoms with Gasteiger partial charge in [-0.2, -0.15) is 0 Å². The molecule has 0 bridgehead atoms. The minimum Gasteiger partial charge on any atom is -0.497 e. The second kappa shape index (κ2) is 6.66. The number of Topliss-reactive ketones (excluding diaryl/α,β-unsaturated/α-hetero) is 2. The van der Waals surface area contributed by atoms with Crippen molar-refractivity contribution in [2.45, 2.75) is 5.41 Å². The lowest BCUT2D eigenvalue weighted by Crippen LogP contribution is -2.39. The topological polar surface area (TPSA) is 52.6 Å². The van der Waals surface area contributed by atoms with E-state index in [2.05, 4.69) is 0 Å². The first-order chi connectivity index (χ1) is 15.6. The van der Waals surface area contributed by atoms with Crippen LogP contribution in [0, 0.1) is 0 Å². The summed E-state index contributed by atoms with van der Waals surface area (Å²) in [5.74, 6) is 1.28. The zero-order valence-electron chi connectivity index (χ0n) is 17.3. The molecule has 0 atom stereocenters. The quantitative estimate of drug-likeness (QED) is 0.398. The van der Waals surface area contributed by atoms with Gasteiger partial charge < -0.3 is 9.47 Å². The zero-order valence-corrected chi connectivity index (χ0v) is 17.3. The Balaban J connectivity index is 1.67. The van der Waals surface area contributed by atoms with E-state index >= 15 is 0 Å². The number of hydrogen-bond acceptors (Lipinski definition) is 4. The number of allylic oxidation sites excluding steroid dienone is 1. The second-order valence-corrected chi connectivity index (χ2v) is 8.01. The minimum absolute atomic E-state index is 0.218. The van der Waals surface area contributed by atoms with Crippen LogP contribution < -0.4 is 9.47 Å². The highest BCUT2D eigenvalue weighted by Crippen LogP contribution is 2.51. The molecule has 6 rings (SSSR count). The van der Waals surface area contributed by atoms with Gasteiger partial charge in [0, 0.05) is 22.3 Å². The lowest BCUT2D eigenvalue weighted by Gasteiger charge is -2.32. The molecule has 4 heteroatoms. The van der Waals surface area contributed by atoms with Crippen LogP contribution in [0.2, 0.25) is 0 Å². The van der Waals surface area contributed by atoms with Gasteiger partial charge in [0.15, 0.2) is 11.6 Å². The van der Waals surface area contributed by atoms with Crippen LogP contribution >= 0.6 is 0 Å². The van der Waals surface area contributed by atoms with E-state index in [-0.39, 0.29) is 11.6 Å². The number of rotatable bonds is 2. The predicted octanol–water partition coefficient (Wildman–Crippen LogP) is 5.60. The van der Waals surface area contributed by atoms with Gasteiger partial charge in [0.25, 0.3) is 0 Å². The number of ether oxygens (including phenoxy) is 2. The van der Waals surface area contributed by atoms with Crippen LogP contribution in [0.4, 0.5) is 0 Å². The van der Waals surface area contributed by atoms with Gasteiger partial charge >= 0.3 is 0 Å². The van der Waals surface area contributed by atoms with E-state index in [1.807, 2.05) is 60.7 Å². The first-order valence-electron chi connectivity index (χ1n) is 10.4. The summed E-state index contributed by atoms with van der Waals surface area (Å²) in [6.45, 7) is 0. The van der Waals surface area contributed by atoms with E-state index in [0.29, 0.717) is 33.9 Å². The second-order valence-electron chi connectivity index (χ2n) is 8.01. The Morgan fingerprint density at radius 1 is 0.750 bits per heavy atom. The Morgan fingerprint density at radius 2 is 1.41 bits per heavy atom. The number of benzene rings is 4. The summed E-state index contributed by atoms with van der Waals surface area (Å²) in [6, 6.07) is 26.0. The molecule has 0 fully saturated rings. The van der Waals surface area contributed by atoms with Crippen molar-refractivity contribution in [1.29, 1.82) is 0 Å². The molecule has 32 heavy (non-hydrogen) atoms. The maximum Gasteiger partial charge on any atom is 0.186 e. The third kappa shape index (κ3) is 2.38. The van der Waals surface area contributed by atoms with Crippen molar-refractivity contribution in [1.82, 2.24) is 0 Å². The van der Waals surface area contributed by atoms with Crippen LogP contribution in [0.5, 0.6) is 11.5 Å². The van der Waals surface area contributed by atoms with Gasteiger partial charge in [0.2, 0.25) is 0 Å². The van der Waals surface area contributed by atoms with Gasteiger partial charge in [-0.15, -0.1) is 0 Å². The van der Waals surface area contributed by atoms with E-state index in [0.717, 1.165) is 16.3 Å². The third-order valence-electron chi connectivity index (χ3n) is 6.36. The molecular weight excluding hydrogens is 400 g/mol. The monoisotopic (exact) mass is 418 g/mol. The van der Waals surface area contributed by atoms with E-state index < -0.39 is 5.41 Å². The van der Waals surface area contributed by atoms with Crippen molar-refractivity contribution in [3.05, 3.63) is 113 Å². The third-order valence-corrected chi connectivity index (χ3v) is 6.36. The molecule has 1 spiro atoms. The predicted molar refractivity (Wildman–Crippen MR) is 122 cm³/mol. The summed E-state index contributed by atoms with van der Waals surface area (Å²) < 4.78 is 11.6. The molecule has 0 unspecified atom stereocenters. The molecule has 0 aromatic heterocycles. The molecule has 2 aliphatic rings. The fraction of sp³-hybridized carbons (Fsp3) is 0.0714. The summed E-state index contributed by atoms with van der Waals surface area (Å²) in [5.41, 5.74) is 0.805. The number of fused-ring (bicyclic) bond motifs is 5. The molecule has 0 saturated heterocycles. The fourth-order valence-electron chi connectivity index (χ4n) is 4.82. The van der Waals surface area contributed by atoms with Gasteiger partial charge in [-0.05, 0) is 47.2 Å². The first kappa shape index (κ1) is 18.6. The van der Waals surface area contributed by atoms with Crippen LogP contribution in [0.25, 0.3) is 16.5 Å². The Hall–Kier alpha value is -4.18. The van der Waals surface area contributed by atoms with Crippen LogP contribution in [-0.4, -0.2) is 18.7 Å². The summed E-state index contributed by atoms with van der Waals surface area (Å²) in [5, 5.41) is 1.79. The van der Waals surface area contributed by atoms with Crippen LogP contribution in [-0.2, 0) is 5.41 Å². The van der Waals surface area contributed by atoms with Gasteiger partial charge in [-0.3, -0.25) is 9.59 Å². The van der Waals surface area contributed by atoms with Gasteiger partial charge in [0.1, 0.15) is 22.7 Å². The van der Waals surface area contributed by atoms with Crippen molar-refractivity contribution in [2.75, 3.05) is 7.11 Å². The van der Waals surface area contributed by atoms with E-state index in [1.165, 1.54) is 0 Å². The summed E-state index contributed by atoms with van der Waals surface area (Å²) in [4.78, 5) is 27.9. The van der Waals surface area contributed by atoms with E-state index in [1.54, 1.807) is 37.5 Å². The van der Waals surface area contributed by atoms with Crippen molar-refractivity contribution in [3.8, 4) is 11.5 Å². The number of hydrogen-bond donors (Lipinski definition) is 0. The van der Waals surface area contributed by atoms with Crippen LogP contribution in [0.3, 0.4) is 0 Å². The molecule has 0 amide bonds. The summed E-state index contributed by atoms with van der Waals surface area (Å²) in [7, 11) is 1.61. The molecule has 1 aliphatic carbocycles. The molecule has 0 saturated carbocycles. The van der Waals surface area contributed by atoms with Gasteiger partial charge in [-0.25, -0.2) is 0 Å². The number of carbonyl (C=O) groups is 2. The first-order valence-corrected chi connectivity index (χ1v) is 10.4. The molecule has 0 radical (unpaired) electrons. The molecular formula is C28H18O4. The normalized spacial score (nSPS) is 15.8. The molecule has 1 heterocycles. The SMILES string of the molecule is COc1ccc(C2=CC3(C(=O)c4ccccc4C3=O)c3c(ccc4ccccc34)O2)cc1. The lowest BCUT2D eigenvalue weighted by molar-refractivity contribution is 0.0830. The van der Waals surface area contributed by atoms with Crippen molar-refractivity contribution >= 4 is 28.1 Å². The van der Waals surface area contributed by atoms with Crippen LogP contribution in [0.1, 0.15) is 31.8 Å². The summed E-state index contributed by atoms with van der Waals surface area (Å²) in [6.07, 6.45) is 1.70. The average molecular weight is 418 g/mol. The standard InChI is InChI=1S/C28H18O4/c1-31-19-13-10-18(11-14-19)24-16-28(26(29)21-8-4-5-9-22(21)27(28)30)25-20-7-3-2-6-17(20)12-15-23(25)32-24/h2-16H,1H3. The molecule has 4 aromatic rings. The Kier molecular flexibility index (Phi) is 3.87. The highest BCUT2D eigenvalue weighted by Gasteiger charge is 2.56.